The first-order valence-electron chi connectivity index (χ1n) is 7.66. The van der Waals surface area contributed by atoms with Gasteiger partial charge in [0.2, 0.25) is 0 Å². The van der Waals surface area contributed by atoms with E-state index in [1.54, 1.807) is 13.3 Å². The second-order valence-corrected chi connectivity index (χ2v) is 5.90. The summed E-state index contributed by atoms with van der Waals surface area (Å²) < 4.78 is 7.36. The normalized spacial score (nSPS) is 11.3. The minimum atomic E-state index is 0.814. The monoisotopic (exact) mass is 310 g/mol. The van der Waals surface area contributed by atoms with Gasteiger partial charge in [-0.25, -0.2) is 0 Å². The average molecular weight is 310 g/mol. The number of methoxy groups -OCH3 is 1. The maximum absolute atomic E-state index is 5.42. The van der Waals surface area contributed by atoms with Crippen molar-refractivity contribution in [1.29, 1.82) is 0 Å². The molecule has 0 radical (unpaired) electrons. The first kappa shape index (κ1) is 15.5. The third kappa shape index (κ3) is 3.05. The average Bonchev–Trinajstić information content (AvgIpc) is 2.87. The van der Waals surface area contributed by atoms with E-state index in [-0.39, 0.29) is 0 Å². The van der Waals surface area contributed by atoms with E-state index >= 15 is 0 Å². The number of hydrogen-bond donors (Lipinski definition) is 0. The van der Waals surface area contributed by atoms with Crippen molar-refractivity contribution in [3.05, 3.63) is 53.5 Å². The molecular formula is C18H22N4O. The minimum Gasteiger partial charge on any atom is -0.494 e. The first-order chi connectivity index (χ1) is 11.1. The third-order valence-electron chi connectivity index (χ3n) is 4.17. The molecule has 0 saturated carbocycles. The number of aromatic nitrogens is 3. The summed E-state index contributed by atoms with van der Waals surface area (Å²) in [4.78, 5) is 6.76. The quantitative estimate of drug-likeness (QED) is 0.727. The summed E-state index contributed by atoms with van der Waals surface area (Å²) in [6.45, 7) is 3.80. The van der Waals surface area contributed by atoms with Crippen LogP contribution in [0, 0.1) is 6.92 Å². The number of fused-ring (bicyclic) bond motifs is 1. The highest BCUT2D eigenvalue weighted by Crippen LogP contribution is 2.27. The van der Waals surface area contributed by atoms with Gasteiger partial charge in [0, 0.05) is 31.7 Å². The van der Waals surface area contributed by atoms with Crippen LogP contribution in [0.2, 0.25) is 0 Å². The second-order valence-electron chi connectivity index (χ2n) is 5.90. The Hall–Kier alpha value is -2.40. The molecule has 0 amide bonds. The zero-order chi connectivity index (χ0) is 16.4. The molecule has 1 aromatic carbocycles. The van der Waals surface area contributed by atoms with Crippen molar-refractivity contribution in [3.8, 4) is 5.75 Å². The van der Waals surface area contributed by atoms with Gasteiger partial charge in [-0.3, -0.25) is 14.6 Å². The van der Waals surface area contributed by atoms with E-state index < -0.39 is 0 Å². The Morgan fingerprint density at radius 3 is 2.74 bits per heavy atom. The molecule has 23 heavy (non-hydrogen) atoms. The van der Waals surface area contributed by atoms with Crippen LogP contribution in [-0.4, -0.2) is 33.8 Å². The zero-order valence-corrected chi connectivity index (χ0v) is 14.1. The molecule has 5 nitrogen and oxygen atoms in total. The molecule has 120 valence electrons. The molecule has 0 fully saturated rings. The Kier molecular flexibility index (Phi) is 4.30. The maximum Gasteiger partial charge on any atom is 0.145 e. The Bertz CT molecular complexity index is 805. The summed E-state index contributed by atoms with van der Waals surface area (Å²) in [5, 5.41) is 5.45. The molecule has 5 heteroatoms. The minimum absolute atomic E-state index is 0.814. The van der Waals surface area contributed by atoms with E-state index in [1.165, 1.54) is 16.8 Å². The van der Waals surface area contributed by atoms with E-state index in [9.17, 15) is 0 Å². The number of rotatable bonds is 5. The molecule has 0 unspecified atom stereocenters. The van der Waals surface area contributed by atoms with Crippen molar-refractivity contribution in [2.24, 2.45) is 7.05 Å². The van der Waals surface area contributed by atoms with Gasteiger partial charge in [-0.15, -0.1) is 0 Å². The zero-order valence-electron chi connectivity index (χ0n) is 14.1. The van der Waals surface area contributed by atoms with Crippen LogP contribution in [0.5, 0.6) is 5.75 Å². The van der Waals surface area contributed by atoms with Crippen molar-refractivity contribution in [1.82, 2.24) is 19.7 Å². The van der Waals surface area contributed by atoms with Gasteiger partial charge < -0.3 is 4.74 Å². The van der Waals surface area contributed by atoms with E-state index in [2.05, 4.69) is 41.1 Å². The predicted molar refractivity (Wildman–Crippen MR) is 91.4 cm³/mol. The van der Waals surface area contributed by atoms with Crippen molar-refractivity contribution >= 4 is 10.9 Å². The lowest BCUT2D eigenvalue weighted by molar-refractivity contribution is 0.310. The topological polar surface area (TPSA) is 43.2 Å². The largest absolute Gasteiger partial charge is 0.494 e. The van der Waals surface area contributed by atoms with Crippen LogP contribution in [0.1, 0.15) is 16.8 Å². The Morgan fingerprint density at radius 2 is 2.04 bits per heavy atom. The summed E-state index contributed by atoms with van der Waals surface area (Å²) >= 11 is 0. The van der Waals surface area contributed by atoms with Crippen LogP contribution in [0.15, 0.2) is 36.7 Å². The molecule has 0 atom stereocenters. The Labute approximate surface area is 136 Å². The number of aryl methyl sites for hydroxylation is 2. The van der Waals surface area contributed by atoms with Gasteiger partial charge >= 0.3 is 0 Å². The summed E-state index contributed by atoms with van der Waals surface area (Å²) in [5.41, 5.74) is 4.62. The van der Waals surface area contributed by atoms with Gasteiger partial charge in [0.1, 0.15) is 11.3 Å². The highest BCUT2D eigenvalue weighted by atomic mass is 16.5. The lowest BCUT2D eigenvalue weighted by atomic mass is 10.1. The Balaban J connectivity index is 1.87. The van der Waals surface area contributed by atoms with Crippen molar-refractivity contribution in [2.75, 3.05) is 14.2 Å². The fraction of sp³-hybridized carbons (Fsp3) is 0.333. The number of hydrogen-bond acceptors (Lipinski definition) is 4. The molecular weight excluding hydrogens is 288 g/mol. The maximum atomic E-state index is 5.42. The van der Waals surface area contributed by atoms with Gasteiger partial charge in [-0.2, -0.15) is 5.10 Å². The predicted octanol–water partition coefficient (Wildman–Crippen LogP) is 2.92. The summed E-state index contributed by atoms with van der Waals surface area (Å²) in [6.07, 6.45) is 3.72. The highest BCUT2D eigenvalue weighted by molar-refractivity contribution is 5.87. The molecule has 0 N–H and O–H groups in total. The number of nitrogens with zero attached hydrogens (tertiary/aromatic N) is 4. The van der Waals surface area contributed by atoms with Gasteiger partial charge in [-0.1, -0.05) is 12.1 Å². The van der Waals surface area contributed by atoms with Gasteiger partial charge in [-0.05, 0) is 37.2 Å². The molecule has 3 rings (SSSR count). The molecule has 2 aromatic heterocycles. The number of pyridine rings is 1. The summed E-state index contributed by atoms with van der Waals surface area (Å²) in [6, 6.07) is 8.18. The van der Waals surface area contributed by atoms with E-state index in [0.717, 1.165) is 29.7 Å². The number of benzene rings is 1. The van der Waals surface area contributed by atoms with Gasteiger partial charge in [0.05, 0.1) is 19.0 Å². The molecule has 0 aliphatic heterocycles. The molecule has 0 saturated heterocycles. The number of ether oxygens (including phenoxy) is 1. The van der Waals surface area contributed by atoms with Crippen LogP contribution in [-0.2, 0) is 20.1 Å². The lowest BCUT2D eigenvalue weighted by Gasteiger charge is -2.19. The van der Waals surface area contributed by atoms with E-state index in [0.29, 0.717) is 0 Å². The SMILES string of the molecule is COc1ccc(CN(C)Cc2c(C)cnn2C)c2cccnc12. The molecule has 0 aliphatic carbocycles. The third-order valence-corrected chi connectivity index (χ3v) is 4.17. The van der Waals surface area contributed by atoms with Crippen molar-refractivity contribution < 1.29 is 4.74 Å². The standard InChI is InChI=1S/C18H22N4O/c1-13-10-20-22(3)16(13)12-21(2)11-14-7-8-17(23-4)18-15(14)6-5-9-19-18/h5-10H,11-12H2,1-4H3. The van der Waals surface area contributed by atoms with E-state index in [4.69, 9.17) is 4.74 Å². The molecule has 3 aromatic rings. The van der Waals surface area contributed by atoms with Gasteiger partial charge in [0.25, 0.3) is 0 Å². The second kappa shape index (κ2) is 6.38. The molecule has 0 bridgehead atoms. The first-order valence-corrected chi connectivity index (χ1v) is 7.66. The molecule has 0 spiro atoms. The molecule has 2 heterocycles. The Morgan fingerprint density at radius 1 is 1.22 bits per heavy atom. The van der Waals surface area contributed by atoms with Crippen molar-refractivity contribution in [2.45, 2.75) is 20.0 Å². The fourth-order valence-corrected chi connectivity index (χ4v) is 2.91. The molecule has 0 aliphatic rings. The van der Waals surface area contributed by atoms with E-state index in [1.807, 2.05) is 30.1 Å². The highest BCUT2D eigenvalue weighted by Gasteiger charge is 2.12. The summed E-state index contributed by atoms with van der Waals surface area (Å²) in [7, 11) is 5.79. The van der Waals surface area contributed by atoms with Crippen LogP contribution in [0.4, 0.5) is 0 Å². The lowest BCUT2D eigenvalue weighted by Crippen LogP contribution is -2.20. The van der Waals surface area contributed by atoms with Crippen LogP contribution >= 0.6 is 0 Å². The smallest absolute Gasteiger partial charge is 0.145 e. The summed E-state index contributed by atoms with van der Waals surface area (Å²) in [5.74, 6) is 0.814. The van der Waals surface area contributed by atoms with Crippen molar-refractivity contribution in [3.63, 3.8) is 0 Å². The van der Waals surface area contributed by atoms with Crippen LogP contribution in [0.25, 0.3) is 10.9 Å². The van der Waals surface area contributed by atoms with Crippen LogP contribution < -0.4 is 4.74 Å². The fourth-order valence-electron chi connectivity index (χ4n) is 2.91. The van der Waals surface area contributed by atoms with Crippen LogP contribution in [0.3, 0.4) is 0 Å². The van der Waals surface area contributed by atoms with Gasteiger partial charge in [0.15, 0.2) is 0 Å².